The van der Waals surface area contributed by atoms with Gasteiger partial charge in [-0.25, -0.2) is 11.4 Å². The summed E-state index contributed by atoms with van der Waals surface area (Å²) in [5.74, 6) is -0.146. The molecule has 0 radical (unpaired) electrons. The number of aromatic nitrogens is 1. The Labute approximate surface area is 220 Å². The number of carbonyl (C=O) groups is 2. The molecule has 0 spiro atoms. The molecule has 4 aromatic rings. The van der Waals surface area contributed by atoms with Crippen molar-refractivity contribution in [3.05, 3.63) is 113 Å². The summed E-state index contributed by atoms with van der Waals surface area (Å²) in [6, 6.07) is 23.7. The van der Waals surface area contributed by atoms with Crippen molar-refractivity contribution in [3.63, 3.8) is 0 Å². The molecule has 2 heterocycles. The molecular weight excluding hydrogens is 476 g/mol. The fourth-order valence-corrected chi connectivity index (χ4v) is 4.18. The molecular formula is C30H26N6O2. The minimum Gasteiger partial charge on any atom is -0.362 e. The number of rotatable bonds is 6. The quantitative estimate of drug-likeness (QED) is 0.144. The molecule has 0 bridgehead atoms. The Bertz CT molecular complexity index is 1600. The third-order valence-corrected chi connectivity index (χ3v) is 6.24. The molecule has 1 aliphatic heterocycles. The van der Waals surface area contributed by atoms with Gasteiger partial charge in [0.05, 0.1) is 11.3 Å². The largest absolute Gasteiger partial charge is 0.362 e. The summed E-state index contributed by atoms with van der Waals surface area (Å²) in [6.07, 6.45) is 3.64. The predicted octanol–water partition coefficient (Wildman–Crippen LogP) is 7.05. The van der Waals surface area contributed by atoms with Crippen molar-refractivity contribution in [1.29, 1.82) is 0 Å². The number of nitrogens with zero attached hydrogens (tertiary/aromatic N) is 1. The molecule has 5 N–H and O–H groups in total. The van der Waals surface area contributed by atoms with E-state index in [0.29, 0.717) is 16.9 Å². The molecule has 38 heavy (non-hydrogen) atoms. The van der Waals surface area contributed by atoms with Gasteiger partial charge in [-0.15, -0.1) is 0 Å². The first-order chi connectivity index (χ1) is 18.3. The summed E-state index contributed by atoms with van der Waals surface area (Å²) >= 11 is 0. The van der Waals surface area contributed by atoms with Crippen LogP contribution < -0.4 is 21.3 Å². The number of fused-ring (bicyclic) bond motifs is 1. The highest BCUT2D eigenvalue weighted by atomic mass is 16.2. The molecule has 3 aromatic carbocycles. The second-order valence-electron chi connectivity index (χ2n) is 9.43. The highest BCUT2D eigenvalue weighted by Gasteiger charge is 2.26. The van der Waals surface area contributed by atoms with Crippen molar-refractivity contribution < 1.29 is 9.59 Å². The number of aromatic amines is 1. The van der Waals surface area contributed by atoms with Gasteiger partial charge in [0.2, 0.25) is 0 Å². The van der Waals surface area contributed by atoms with Crippen LogP contribution in [-0.2, 0) is 10.3 Å². The number of H-pyrrole nitrogens is 1. The van der Waals surface area contributed by atoms with Crippen LogP contribution in [-0.4, -0.2) is 16.9 Å². The molecule has 188 valence electrons. The third-order valence-electron chi connectivity index (χ3n) is 6.24. The van der Waals surface area contributed by atoms with Gasteiger partial charge in [-0.3, -0.25) is 4.79 Å². The van der Waals surface area contributed by atoms with Crippen LogP contribution in [0.2, 0.25) is 0 Å². The Hall–Kier alpha value is -5.29. The number of amides is 3. The van der Waals surface area contributed by atoms with Crippen molar-refractivity contribution in [2.75, 3.05) is 21.3 Å². The summed E-state index contributed by atoms with van der Waals surface area (Å²) in [5, 5.41) is 11.9. The summed E-state index contributed by atoms with van der Waals surface area (Å²) in [5.41, 5.74) is 5.98. The van der Waals surface area contributed by atoms with Crippen molar-refractivity contribution in [3.8, 4) is 0 Å². The van der Waals surface area contributed by atoms with Crippen LogP contribution in [0.4, 0.5) is 33.2 Å². The van der Waals surface area contributed by atoms with E-state index >= 15 is 0 Å². The molecule has 0 unspecified atom stereocenters. The number of carbonyl (C=O) groups excluding carboxylic acids is 2. The Morgan fingerprint density at radius 2 is 1.61 bits per heavy atom. The second kappa shape index (κ2) is 9.99. The lowest BCUT2D eigenvalue weighted by molar-refractivity contribution is -0.110. The normalized spacial score (nSPS) is 13.4. The number of hydrogen-bond acceptors (Lipinski definition) is 3. The van der Waals surface area contributed by atoms with Crippen molar-refractivity contribution in [2.24, 2.45) is 0 Å². The minimum absolute atomic E-state index is 0.146. The number of benzene rings is 3. The second-order valence-corrected chi connectivity index (χ2v) is 9.43. The van der Waals surface area contributed by atoms with E-state index in [1.54, 1.807) is 18.2 Å². The number of nitrogens with one attached hydrogen (secondary N) is 5. The number of urea groups is 1. The van der Waals surface area contributed by atoms with E-state index in [9.17, 15) is 9.59 Å². The molecule has 3 amide bonds. The molecule has 0 aliphatic carbocycles. The van der Waals surface area contributed by atoms with E-state index < -0.39 is 5.54 Å². The molecule has 0 atom stereocenters. The molecule has 5 rings (SSSR count). The van der Waals surface area contributed by atoms with Crippen LogP contribution in [0.1, 0.15) is 30.7 Å². The maximum Gasteiger partial charge on any atom is 0.323 e. The van der Waals surface area contributed by atoms with Crippen molar-refractivity contribution >= 4 is 52.0 Å². The highest BCUT2D eigenvalue weighted by molar-refractivity contribution is 6.35. The SMILES string of the molecule is [C-]#[N+]C(C)(C)c1cccc(NC(=O)Nc2cccc(Nc3ccc4c(c3)NC(=O)C4=Cc3ccc[nH]3)c2)c1. The smallest absolute Gasteiger partial charge is 0.323 e. The van der Waals surface area contributed by atoms with Crippen LogP contribution in [0.25, 0.3) is 16.5 Å². The Morgan fingerprint density at radius 3 is 2.34 bits per heavy atom. The van der Waals surface area contributed by atoms with Crippen LogP contribution in [0, 0.1) is 6.57 Å². The van der Waals surface area contributed by atoms with Crippen molar-refractivity contribution in [1.82, 2.24) is 4.98 Å². The molecule has 0 saturated heterocycles. The lowest BCUT2D eigenvalue weighted by Gasteiger charge is -2.14. The zero-order chi connectivity index (χ0) is 26.7. The number of hydrogen-bond donors (Lipinski definition) is 5. The summed E-state index contributed by atoms with van der Waals surface area (Å²) in [4.78, 5) is 31.9. The van der Waals surface area contributed by atoms with E-state index in [1.165, 1.54) is 0 Å². The van der Waals surface area contributed by atoms with Gasteiger partial charge in [-0.2, -0.15) is 0 Å². The number of anilines is 5. The van der Waals surface area contributed by atoms with E-state index in [1.807, 2.05) is 86.8 Å². The maximum absolute atomic E-state index is 12.6. The molecule has 0 saturated carbocycles. The average molecular weight is 503 g/mol. The fraction of sp³-hybridized carbons (Fsp3) is 0.100. The van der Waals surface area contributed by atoms with Gasteiger partial charge in [0, 0.05) is 59.6 Å². The molecule has 1 aromatic heterocycles. The standard InChI is InChI=1S/C30H26N6O2/c1-30(2,31-3)19-7-4-8-21(15-19)34-29(38)35-23-10-5-9-22(16-23)33-24-12-13-25-26(17-20-11-6-14-32-20)28(37)36-27(25)18-24/h4-18,32-33H,1-2H3,(H,36,37)(H2,34,35,38). The van der Waals surface area contributed by atoms with Crippen molar-refractivity contribution in [2.45, 2.75) is 19.4 Å². The van der Waals surface area contributed by atoms with E-state index in [4.69, 9.17) is 6.57 Å². The molecule has 8 heteroatoms. The Morgan fingerprint density at radius 1 is 0.895 bits per heavy atom. The van der Waals surface area contributed by atoms with Crippen LogP contribution >= 0.6 is 0 Å². The van der Waals surface area contributed by atoms with Crippen LogP contribution in [0.15, 0.2) is 85.1 Å². The molecule has 8 nitrogen and oxygen atoms in total. The lowest BCUT2D eigenvalue weighted by Crippen LogP contribution is -2.20. The van der Waals surface area contributed by atoms with Gasteiger partial charge in [0.15, 0.2) is 0 Å². The Balaban J connectivity index is 1.26. The average Bonchev–Trinajstić information content (AvgIpc) is 3.52. The summed E-state index contributed by atoms with van der Waals surface area (Å²) < 4.78 is 0. The summed E-state index contributed by atoms with van der Waals surface area (Å²) in [7, 11) is 0. The molecule has 0 fully saturated rings. The zero-order valence-corrected chi connectivity index (χ0v) is 20.9. The van der Waals surface area contributed by atoms with Gasteiger partial charge in [-0.1, -0.05) is 24.3 Å². The minimum atomic E-state index is -0.672. The van der Waals surface area contributed by atoms with Gasteiger partial charge >= 0.3 is 6.03 Å². The van der Waals surface area contributed by atoms with Gasteiger partial charge in [0.1, 0.15) is 0 Å². The lowest BCUT2D eigenvalue weighted by atomic mass is 9.95. The zero-order valence-electron chi connectivity index (χ0n) is 20.9. The predicted molar refractivity (Wildman–Crippen MR) is 152 cm³/mol. The maximum atomic E-state index is 12.6. The summed E-state index contributed by atoms with van der Waals surface area (Å²) in [6.45, 7) is 11.1. The van der Waals surface area contributed by atoms with Crippen LogP contribution in [0.5, 0.6) is 0 Å². The van der Waals surface area contributed by atoms with E-state index in [0.717, 1.165) is 33.9 Å². The Kier molecular flexibility index (Phi) is 6.42. The van der Waals surface area contributed by atoms with Crippen LogP contribution in [0.3, 0.4) is 0 Å². The molecule has 1 aliphatic rings. The van der Waals surface area contributed by atoms with Gasteiger partial charge in [0.25, 0.3) is 11.4 Å². The first-order valence-electron chi connectivity index (χ1n) is 12.1. The van der Waals surface area contributed by atoms with E-state index in [-0.39, 0.29) is 11.9 Å². The highest BCUT2D eigenvalue weighted by Crippen LogP contribution is 2.36. The first-order valence-corrected chi connectivity index (χ1v) is 12.1. The fourth-order valence-electron chi connectivity index (χ4n) is 4.18. The van der Waals surface area contributed by atoms with Gasteiger partial charge in [-0.05, 0) is 60.7 Å². The van der Waals surface area contributed by atoms with Gasteiger partial charge < -0.3 is 31.1 Å². The first kappa shape index (κ1) is 24.4. The third kappa shape index (κ3) is 5.27. The topological polar surface area (TPSA) is 102 Å². The monoisotopic (exact) mass is 502 g/mol. The van der Waals surface area contributed by atoms with E-state index in [2.05, 4.69) is 31.1 Å².